The fraction of sp³-hybridized carbons (Fsp3) is 0.235. The van der Waals surface area contributed by atoms with Gasteiger partial charge >= 0.3 is 5.76 Å². The summed E-state index contributed by atoms with van der Waals surface area (Å²) in [5, 5.41) is 2.75. The van der Waals surface area contributed by atoms with Gasteiger partial charge in [0, 0.05) is 18.0 Å². The summed E-state index contributed by atoms with van der Waals surface area (Å²) in [5.74, 6) is 0.0504. The molecule has 0 aliphatic heterocycles. The Balaban J connectivity index is 1.70. The molecule has 1 amide bonds. The zero-order chi connectivity index (χ0) is 17.1. The fourth-order valence-electron chi connectivity index (χ4n) is 2.09. The number of anilines is 1. The van der Waals surface area contributed by atoms with Crippen LogP contribution in [0.5, 0.6) is 5.88 Å². The van der Waals surface area contributed by atoms with E-state index in [2.05, 4.69) is 15.3 Å². The first-order valence-electron chi connectivity index (χ1n) is 7.54. The Morgan fingerprint density at radius 1 is 1.33 bits per heavy atom. The van der Waals surface area contributed by atoms with Crippen LogP contribution in [0.4, 0.5) is 5.69 Å². The number of hydrogen-bond acceptors (Lipinski definition) is 5. The molecule has 3 rings (SSSR count). The van der Waals surface area contributed by atoms with Crippen molar-refractivity contribution < 1.29 is 13.9 Å². The lowest BCUT2D eigenvalue weighted by molar-refractivity contribution is 0.102. The molecular formula is C17H17N3O4. The van der Waals surface area contributed by atoms with Crippen LogP contribution < -0.4 is 15.8 Å². The lowest BCUT2D eigenvalue weighted by atomic mass is 10.2. The molecule has 0 fully saturated rings. The molecule has 0 radical (unpaired) electrons. The van der Waals surface area contributed by atoms with Gasteiger partial charge in [0.25, 0.3) is 5.91 Å². The number of carbonyl (C=O) groups is 1. The molecule has 0 aliphatic carbocycles. The standard InChI is InChI=1S/C17H17N3O4/c1-10(2)9-23-15-6-3-11(8-18-15)16(21)19-12-4-5-14-13(7-12)20-17(22)24-14/h3-8,10H,9H2,1-2H3,(H,19,21)(H,20,22). The van der Waals surface area contributed by atoms with Crippen LogP contribution >= 0.6 is 0 Å². The molecule has 0 bridgehead atoms. The molecule has 124 valence electrons. The molecular weight excluding hydrogens is 310 g/mol. The summed E-state index contributed by atoms with van der Waals surface area (Å²) in [5.41, 5.74) is 1.91. The molecule has 3 aromatic rings. The van der Waals surface area contributed by atoms with E-state index in [1.807, 2.05) is 13.8 Å². The molecule has 2 heterocycles. The van der Waals surface area contributed by atoms with Gasteiger partial charge in [-0.05, 0) is 30.2 Å². The molecule has 7 nitrogen and oxygen atoms in total. The van der Waals surface area contributed by atoms with Gasteiger partial charge in [0.1, 0.15) is 0 Å². The van der Waals surface area contributed by atoms with E-state index in [-0.39, 0.29) is 5.91 Å². The third-order valence-electron chi connectivity index (χ3n) is 3.24. The van der Waals surface area contributed by atoms with E-state index in [1.165, 1.54) is 6.20 Å². The van der Waals surface area contributed by atoms with Crippen LogP contribution in [0.3, 0.4) is 0 Å². The van der Waals surface area contributed by atoms with Gasteiger partial charge in [-0.2, -0.15) is 0 Å². The number of aromatic amines is 1. The Kier molecular flexibility index (Phi) is 4.33. The molecule has 1 aromatic carbocycles. The zero-order valence-corrected chi connectivity index (χ0v) is 13.3. The van der Waals surface area contributed by atoms with E-state index >= 15 is 0 Å². The minimum atomic E-state index is -0.533. The van der Waals surface area contributed by atoms with Crippen LogP contribution in [-0.2, 0) is 0 Å². The number of aromatic nitrogens is 2. The number of oxazole rings is 1. The molecule has 0 saturated carbocycles. The summed E-state index contributed by atoms with van der Waals surface area (Å²) >= 11 is 0. The molecule has 0 aliphatic rings. The van der Waals surface area contributed by atoms with Gasteiger partial charge in [-0.3, -0.25) is 9.78 Å². The highest BCUT2D eigenvalue weighted by Crippen LogP contribution is 2.17. The highest BCUT2D eigenvalue weighted by Gasteiger charge is 2.09. The van der Waals surface area contributed by atoms with Gasteiger partial charge in [0.2, 0.25) is 5.88 Å². The number of fused-ring (bicyclic) bond motifs is 1. The first-order chi connectivity index (χ1) is 11.5. The number of pyridine rings is 1. The Bertz CT molecular complexity index is 909. The van der Waals surface area contributed by atoms with E-state index < -0.39 is 5.76 Å². The average Bonchev–Trinajstić information content (AvgIpc) is 2.92. The van der Waals surface area contributed by atoms with Crippen LogP contribution in [0.2, 0.25) is 0 Å². The molecule has 2 aromatic heterocycles. The Morgan fingerprint density at radius 2 is 2.17 bits per heavy atom. The lowest BCUT2D eigenvalue weighted by Crippen LogP contribution is -2.12. The fourth-order valence-corrected chi connectivity index (χ4v) is 2.09. The van der Waals surface area contributed by atoms with Crippen LogP contribution in [0.1, 0.15) is 24.2 Å². The van der Waals surface area contributed by atoms with Gasteiger partial charge in [-0.15, -0.1) is 0 Å². The van der Waals surface area contributed by atoms with Gasteiger partial charge in [-0.25, -0.2) is 9.78 Å². The number of hydrogen-bond donors (Lipinski definition) is 2. The van der Waals surface area contributed by atoms with Crippen molar-refractivity contribution in [1.82, 2.24) is 9.97 Å². The number of amides is 1. The molecule has 7 heteroatoms. The molecule has 2 N–H and O–H groups in total. The predicted molar refractivity (Wildman–Crippen MR) is 89.4 cm³/mol. The Labute approximate surface area is 137 Å². The number of nitrogens with zero attached hydrogens (tertiary/aromatic N) is 1. The van der Waals surface area contributed by atoms with Crippen LogP contribution in [0.15, 0.2) is 45.7 Å². The number of H-pyrrole nitrogens is 1. The smallest absolute Gasteiger partial charge is 0.417 e. The minimum absolute atomic E-state index is 0.303. The summed E-state index contributed by atoms with van der Waals surface area (Å²) in [4.78, 5) is 30.0. The quantitative estimate of drug-likeness (QED) is 0.751. The largest absolute Gasteiger partial charge is 0.477 e. The van der Waals surface area contributed by atoms with E-state index in [9.17, 15) is 9.59 Å². The van der Waals surface area contributed by atoms with Crippen molar-refractivity contribution in [2.24, 2.45) is 5.92 Å². The third-order valence-corrected chi connectivity index (χ3v) is 3.24. The van der Waals surface area contributed by atoms with E-state index in [0.29, 0.717) is 40.8 Å². The van der Waals surface area contributed by atoms with Crippen molar-refractivity contribution in [1.29, 1.82) is 0 Å². The average molecular weight is 327 g/mol. The monoisotopic (exact) mass is 327 g/mol. The van der Waals surface area contributed by atoms with E-state index in [1.54, 1.807) is 30.3 Å². The second kappa shape index (κ2) is 6.57. The molecule has 0 unspecified atom stereocenters. The maximum absolute atomic E-state index is 12.2. The first kappa shape index (κ1) is 15.8. The molecule has 0 saturated heterocycles. The van der Waals surface area contributed by atoms with Crippen molar-refractivity contribution in [3.05, 3.63) is 52.6 Å². The number of carbonyl (C=O) groups excluding carboxylic acids is 1. The van der Waals surface area contributed by atoms with Gasteiger partial charge in [-0.1, -0.05) is 13.8 Å². The van der Waals surface area contributed by atoms with Crippen molar-refractivity contribution >= 4 is 22.7 Å². The summed E-state index contributed by atoms with van der Waals surface area (Å²) in [6.45, 7) is 4.67. The highest BCUT2D eigenvalue weighted by atomic mass is 16.5. The predicted octanol–water partition coefficient (Wildman–Crippen LogP) is 2.80. The van der Waals surface area contributed by atoms with Crippen LogP contribution in [0.25, 0.3) is 11.1 Å². The maximum atomic E-state index is 12.2. The summed E-state index contributed by atoms with van der Waals surface area (Å²) in [7, 11) is 0. The maximum Gasteiger partial charge on any atom is 0.417 e. The molecule has 24 heavy (non-hydrogen) atoms. The highest BCUT2D eigenvalue weighted by molar-refractivity contribution is 6.04. The number of nitrogens with one attached hydrogen (secondary N) is 2. The SMILES string of the molecule is CC(C)COc1ccc(C(=O)Nc2ccc3oc(=O)[nH]c3c2)cn1. The van der Waals surface area contributed by atoms with E-state index in [4.69, 9.17) is 9.15 Å². The molecule has 0 spiro atoms. The minimum Gasteiger partial charge on any atom is -0.477 e. The summed E-state index contributed by atoms with van der Waals surface area (Å²) in [6, 6.07) is 8.21. The second-order valence-corrected chi connectivity index (χ2v) is 5.77. The normalized spacial score (nSPS) is 11.0. The topological polar surface area (TPSA) is 97.2 Å². The number of ether oxygens (including phenoxy) is 1. The summed E-state index contributed by atoms with van der Waals surface area (Å²) in [6.07, 6.45) is 1.46. The lowest BCUT2D eigenvalue weighted by Gasteiger charge is -2.08. The number of rotatable bonds is 5. The van der Waals surface area contributed by atoms with Crippen molar-refractivity contribution in [2.45, 2.75) is 13.8 Å². The molecule has 0 atom stereocenters. The third kappa shape index (κ3) is 3.62. The van der Waals surface area contributed by atoms with Gasteiger partial charge in [0.05, 0.1) is 17.7 Å². The van der Waals surface area contributed by atoms with Gasteiger partial charge in [0.15, 0.2) is 5.58 Å². The van der Waals surface area contributed by atoms with Crippen molar-refractivity contribution in [3.63, 3.8) is 0 Å². The second-order valence-electron chi connectivity index (χ2n) is 5.77. The van der Waals surface area contributed by atoms with Gasteiger partial charge < -0.3 is 14.5 Å². The van der Waals surface area contributed by atoms with Crippen LogP contribution in [-0.4, -0.2) is 22.5 Å². The van der Waals surface area contributed by atoms with E-state index in [0.717, 1.165) is 0 Å². The Morgan fingerprint density at radius 3 is 2.88 bits per heavy atom. The first-order valence-corrected chi connectivity index (χ1v) is 7.54. The Hall–Kier alpha value is -3.09. The zero-order valence-electron chi connectivity index (χ0n) is 13.3. The number of benzene rings is 1. The van der Waals surface area contributed by atoms with Crippen LogP contribution in [0, 0.1) is 5.92 Å². The van der Waals surface area contributed by atoms with Crippen molar-refractivity contribution in [2.75, 3.05) is 11.9 Å². The van der Waals surface area contributed by atoms with Crippen molar-refractivity contribution in [3.8, 4) is 5.88 Å². The summed E-state index contributed by atoms with van der Waals surface area (Å²) < 4.78 is 10.4.